The number of aryl methyl sites for hydroxylation is 1. The number of primary sulfonamides is 1. The van der Waals surface area contributed by atoms with Crippen molar-refractivity contribution in [3.8, 4) is 5.75 Å². The number of ether oxygens (including phenoxy) is 1. The Morgan fingerprint density at radius 2 is 2.23 bits per heavy atom. The van der Waals surface area contributed by atoms with E-state index in [1.54, 1.807) is 7.11 Å². The average Bonchev–Trinajstić information content (AvgIpc) is 2.46. The van der Waals surface area contributed by atoms with Crippen LogP contribution in [-0.4, -0.2) is 45.8 Å². The van der Waals surface area contributed by atoms with E-state index in [9.17, 15) is 8.42 Å². The Morgan fingerprint density at radius 3 is 2.95 bits per heavy atom. The molecule has 1 heterocycles. The van der Waals surface area contributed by atoms with E-state index in [1.807, 2.05) is 12.1 Å². The first-order valence-corrected chi connectivity index (χ1v) is 9.53. The average molecular weight is 326 g/mol. The third kappa shape index (κ3) is 5.94. The number of sulfonamides is 1. The molecule has 1 aromatic carbocycles. The van der Waals surface area contributed by atoms with Gasteiger partial charge >= 0.3 is 0 Å². The fraction of sp³-hybridized carbons (Fsp3) is 0.625. The smallest absolute Gasteiger partial charge is 0.209 e. The highest BCUT2D eigenvalue weighted by molar-refractivity contribution is 7.89. The number of hydrogen-bond acceptors (Lipinski definition) is 4. The second-order valence-electron chi connectivity index (χ2n) is 6.09. The molecule has 1 aliphatic heterocycles. The van der Waals surface area contributed by atoms with E-state index in [4.69, 9.17) is 9.88 Å². The number of rotatable bonds is 7. The van der Waals surface area contributed by atoms with Gasteiger partial charge in [-0.15, -0.1) is 0 Å². The molecule has 0 bridgehead atoms. The Balaban J connectivity index is 1.76. The van der Waals surface area contributed by atoms with Gasteiger partial charge in [-0.05, 0) is 62.4 Å². The van der Waals surface area contributed by atoms with E-state index in [0.717, 1.165) is 51.1 Å². The third-order valence-electron chi connectivity index (χ3n) is 4.15. The molecule has 2 N–H and O–H groups in total. The molecule has 1 aromatic rings. The zero-order chi connectivity index (χ0) is 16.0. The molecule has 0 unspecified atom stereocenters. The van der Waals surface area contributed by atoms with Crippen LogP contribution in [0.2, 0.25) is 0 Å². The van der Waals surface area contributed by atoms with Gasteiger partial charge in [-0.3, -0.25) is 0 Å². The van der Waals surface area contributed by atoms with Gasteiger partial charge in [-0.25, -0.2) is 13.6 Å². The standard InChI is InChI=1S/C16H26N2O3S/c1-21-16-8-2-5-14(11-16)6-3-9-18-10-4-7-15(12-18)13-22(17,19)20/h2,5,8,11,15H,3-4,6-7,9-10,12-13H2,1H3,(H2,17,19,20)/t15-/m0/s1. The third-order valence-corrected chi connectivity index (χ3v) is 5.08. The summed E-state index contributed by atoms with van der Waals surface area (Å²) in [5.41, 5.74) is 1.28. The van der Waals surface area contributed by atoms with Crippen LogP contribution in [0.15, 0.2) is 24.3 Å². The zero-order valence-electron chi connectivity index (χ0n) is 13.2. The molecule has 0 radical (unpaired) electrons. The van der Waals surface area contributed by atoms with Gasteiger partial charge < -0.3 is 9.64 Å². The minimum Gasteiger partial charge on any atom is -0.497 e. The Bertz CT molecular complexity index is 575. The van der Waals surface area contributed by atoms with Gasteiger partial charge in [0.05, 0.1) is 12.9 Å². The van der Waals surface area contributed by atoms with Crippen LogP contribution in [0.25, 0.3) is 0 Å². The Hall–Kier alpha value is -1.11. The highest BCUT2D eigenvalue weighted by Crippen LogP contribution is 2.19. The maximum atomic E-state index is 11.2. The maximum absolute atomic E-state index is 11.2. The second-order valence-corrected chi connectivity index (χ2v) is 7.75. The van der Waals surface area contributed by atoms with Crippen LogP contribution in [0.3, 0.4) is 0 Å². The van der Waals surface area contributed by atoms with Gasteiger partial charge in [0.15, 0.2) is 0 Å². The summed E-state index contributed by atoms with van der Waals surface area (Å²) in [6.45, 7) is 2.89. The highest BCUT2D eigenvalue weighted by atomic mass is 32.2. The number of nitrogens with zero attached hydrogens (tertiary/aromatic N) is 1. The number of methoxy groups -OCH3 is 1. The van der Waals surface area contributed by atoms with Crippen LogP contribution in [0, 0.1) is 5.92 Å². The molecule has 1 aliphatic rings. The molecule has 6 heteroatoms. The number of hydrogen-bond donors (Lipinski definition) is 1. The zero-order valence-corrected chi connectivity index (χ0v) is 14.0. The minimum atomic E-state index is -3.36. The highest BCUT2D eigenvalue weighted by Gasteiger charge is 2.22. The van der Waals surface area contributed by atoms with Gasteiger partial charge in [-0.1, -0.05) is 12.1 Å². The molecule has 124 valence electrons. The summed E-state index contributed by atoms with van der Waals surface area (Å²) in [6.07, 6.45) is 4.09. The lowest BCUT2D eigenvalue weighted by atomic mass is 9.99. The minimum absolute atomic E-state index is 0.111. The molecule has 0 aromatic heterocycles. The van der Waals surface area contributed by atoms with Crippen molar-refractivity contribution < 1.29 is 13.2 Å². The predicted molar refractivity (Wildman–Crippen MR) is 88.5 cm³/mol. The molecule has 22 heavy (non-hydrogen) atoms. The maximum Gasteiger partial charge on any atom is 0.209 e. The van der Waals surface area contributed by atoms with Crippen LogP contribution in [0.5, 0.6) is 5.75 Å². The number of benzene rings is 1. The molecule has 2 rings (SSSR count). The van der Waals surface area contributed by atoms with E-state index in [0.29, 0.717) is 0 Å². The Morgan fingerprint density at radius 1 is 1.41 bits per heavy atom. The van der Waals surface area contributed by atoms with Crippen LogP contribution in [0.4, 0.5) is 0 Å². The molecular formula is C16H26N2O3S. The lowest BCUT2D eigenvalue weighted by molar-refractivity contribution is 0.183. The first-order valence-electron chi connectivity index (χ1n) is 7.82. The SMILES string of the molecule is COc1cccc(CCCN2CCC[C@H](CS(N)(=O)=O)C2)c1. The Kier molecular flexibility index (Phi) is 6.23. The second kappa shape index (κ2) is 7.94. The van der Waals surface area contributed by atoms with E-state index in [2.05, 4.69) is 17.0 Å². The largest absolute Gasteiger partial charge is 0.497 e. The van der Waals surface area contributed by atoms with E-state index < -0.39 is 10.0 Å². The van der Waals surface area contributed by atoms with Crippen molar-refractivity contribution in [3.05, 3.63) is 29.8 Å². The van der Waals surface area contributed by atoms with Gasteiger partial charge in [0.1, 0.15) is 5.75 Å². The lowest BCUT2D eigenvalue weighted by Crippen LogP contribution is -2.39. The summed E-state index contributed by atoms with van der Waals surface area (Å²) >= 11 is 0. The van der Waals surface area contributed by atoms with Gasteiger partial charge in [0, 0.05) is 6.54 Å². The van der Waals surface area contributed by atoms with Gasteiger partial charge in [-0.2, -0.15) is 0 Å². The molecule has 0 amide bonds. The lowest BCUT2D eigenvalue weighted by Gasteiger charge is -2.32. The van der Waals surface area contributed by atoms with Crippen molar-refractivity contribution in [1.29, 1.82) is 0 Å². The van der Waals surface area contributed by atoms with Crippen molar-refractivity contribution in [3.63, 3.8) is 0 Å². The van der Waals surface area contributed by atoms with Crippen LogP contribution >= 0.6 is 0 Å². The molecule has 0 saturated carbocycles. The van der Waals surface area contributed by atoms with E-state index in [1.165, 1.54) is 5.56 Å². The molecular weight excluding hydrogens is 300 g/mol. The molecule has 1 saturated heterocycles. The molecule has 5 nitrogen and oxygen atoms in total. The van der Waals surface area contributed by atoms with Crippen molar-refractivity contribution in [2.45, 2.75) is 25.7 Å². The van der Waals surface area contributed by atoms with Crippen LogP contribution in [-0.2, 0) is 16.4 Å². The number of nitrogens with two attached hydrogens (primary N) is 1. The number of piperidine rings is 1. The molecule has 1 atom stereocenters. The van der Waals surface area contributed by atoms with Gasteiger partial charge in [0.25, 0.3) is 0 Å². The molecule has 1 fully saturated rings. The summed E-state index contributed by atoms with van der Waals surface area (Å²) < 4.78 is 27.7. The summed E-state index contributed by atoms with van der Waals surface area (Å²) in [4.78, 5) is 2.36. The first kappa shape index (κ1) is 17.2. The summed E-state index contributed by atoms with van der Waals surface area (Å²) in [5, 5.41) is 5.16. The van der Waals surface area contributed by atoms with E-state index in [-0.39, 0.29) is 11.7 Å². The normalized spacial score (nSPS) is 20.0. The summed E-state index contributed by atoms with van der Waals surface area (Å²) in [6, 6.07) is 8.14. The monoisotopic (exact) mass is 326 g/mol. The molecule has 0 aliphatic carbocycles. The van der Waals surface area contributed by atoms with Crippen molar-refractivity contribution >= 4 is 10.0 Å². The summed E-state index contributed by atoms with van der Waals surface area (Å²) in [7, 11) is -1.68. The van der Waals surface area contributed by atoms with Crippen molar-refractivity contribution in [1.82, 2.24) is 4.90 Å². The fourth-order valence-electron chi connectivity index (χ4n) is 3.15. The predicted octanol–water partition coefficient (Wildman–Crippen LogP) is 1.63. The van der Waals surface area contributed by atoms with Crippen LogP contribution < -0.4 is 9.88 Å². The fourth-order valence-corrected chi connectivity index (χ4v) is 4.08. The Labute approximate surface area is 133 Å². The van der Waals surface area contributed by atoms with Crippen molar-refractivity contribution in [2.24, 2.45) is 11.1 Å². The quantitative estimate of drug-likeness (QED) is 0.826. The van der Waals surface area contributed by atoms with Crippen molar-refractivity contribution in [2.75, 3.05) is 32.5 Å². The van der Waals surface area contributed by atoms with Gasteiger partial charge in [0.2, 0.25) is 10.0 Å². The number of likely N-dealkylation sites (tertiary alicyclic amines) is 1. The first-order chi connectivity index (χ1) is 10.5. The van der Waals surface area contributed by atoms with Crippen LogP contribution in [0.1, 0.15) is 24.8 Å². The molecule has 0 spiro atoms. The van der Waals surface area contributed by atoms with E-state index >= 15 is 0 Å². The topological polar surface area (TPSA) is 72.6 Å². The summed E-state index contributed by atoms with van der Waals surface area (Å²) in [5.74, 6) is 1.18.